The van der Waals surface area contributed by atoms with Crippen LogP contribution in [-0.2, 0) is 0 Å². The average molecular weight is 529 g/mol. The number of ketones is 2. The van der Waals surface area contributed by atoms with Crippen LogP contribution in [0.1, 0.15) is 37.7 Å². The summed E-state index contributed by atoms with van der Waals surface area (Å²) in [5.41, 5.74) is 2.38. The highest BCUT2D eigenvalue weighted by molar-refractivity contribution is 7.10. The molecule has 186 valence electrons. The number of phenolic OH excluding ortho intramolecular Hbond substituents is 1. The second kappa shape index (κ2) is 9.74. The lowest BCUT2D eigenvalue weighted by Gasteiger charge is -2.10. The van der Waals surface area contributed by atoms with Crippen molar-refractivity contribution in [3.63, 3.8) is 0 Å². The smallest absolute Gasteiger partial charge is 0.232 e. The Morgan fingerprint density at radius 2 is 1.72 bits per heavy atom. The highest BCUT2D eigenvalue weighted by Gasteiger charge is 2.23. The van der Waals surface area contributed by atoms with Crippen LogP contribution in [0, 0.1) is 11.3 Å². The minimum Gasteiger partial charge on any atom is -0.505 e. The van der Waals surface area contributed by atoms with Gasteiger partial charge in [0.1, 0.15) is 17.3 Å². The number of phenols is 1. The Balaban J connectivity index is 1.52. The van der Waals surface area contributed by atoms with Gasteiger partial charge in [0.25, 0.3) is 0 Å². The summed E-state index contributed by atoms with van der Waals surface area (Å²) in [6, 6.07) is 24.4. The molecule has 0 saturated carbocycles. The highest BCUT2D eigenvalue weighted by atomic mass is 32.1. The zero-order chi connectivity index (χ0) is 26.9. The van der Waals surface area contributed by atoms with Crippen molar-refractivity contribution in [3.8, 4) is 11.8 Å². The maximum absolute atomic E-state index is 13.6. The number of aromatic nitrogens is 3. The Morgan fingerprint density at radius 3 is 2.51 bits per heavy atom. The van der Waals surface area contributed by atoms with Crippen molar-refractivity contribution in [2.24, 2.45) is 10.2 Å². The quantitative estimate of drug-likeness (QED) is 0.183. The molecule has 2 aromatic heterocycles. The molecule has 2 N–H and O–H groups in total. The highest BCUT2D eigenvalue weighted by Crippen LogP contribution is 2.41. The van der Waals surface area contributed by atoms with Crippen LogP contribution in [0.4, 0.5) is 10.7 Å². The number of aromatic amines is 1. The van der Waals surface area contributed by atoms with Crippen molar-refractivity contribution >= 4 is 55.6 Å². The van der Waals surface area contributed by atoms with Gasteiger partial charge in [-0.1, -0.05) is 54.6 Å². The van der Waals surface area contributed by atoms with Gasteiger partial charge in [0.05, 0.1) is 22.8 Å². The van der Waals surface area contributed by atoms with E-state index in [1.165, 1.54) is 12.3 Å². The molecule has 9 nitrogen and oxygen atoms in total. The van der Waals surface area contributed by atoms with E-state index < -0.39 is 11.5 Å². The second-order valence-electron chi connectivity index (χ2n) is 8.54. The van der Waals surface area contributed by atoms with Crippen LogP contribution in [0.15, 0.2) is 95.3 Å². The number of nitrogens with zero attached hydrogens (tertiary/aromatic N) is 5. The Labute approximate surface area is 224 Å². The van der Waals surface area contributed by atoms with Crippen LogP contribution >= 0.6 is 11.5 Å². The first-order valence-corrected chi connectivity index (χ1v) is 12.5. The van der Waals surface area contributed by atoms with Gasteiger partial charge in [0, 0.05) is 16.5 Å². The van der Waals surface area contributed by atoms with Gasteiger partial charge in [-0.2, -0.15) is 9.64 Å². The van der Waals surface area contributed by atoms with E-state index in [1.54, 1.807) is 54.6 Å². The van der Waals surface area contributed by atoms with Gasteiger partial charge in [-0.15, -0.1) is 10.2 Å². The molecule has 0 saturated heterocycles. The van der Waals surface area contributed by atoms with Crippen molar-refractivity contribution in [1.29, 1.82) is 5.26 Å². The van der Waals surface area contributed by atoms with E-state index in [0.29, 0.717) is 32.9 Å². The van der Waals surface area contributed by atoms with Gasteiger partial charge in [-0.05, 0) is 41.2 Å². The summed E-state index contributed by atoms with van der Waals surface area (Å²) in [5.74, 6) is -1.11. The van der Waals surface area contributed by atoms with Crippen LogP contribution in [0.3, 0.4) is 0 Å². The zero-order valence-corrected chi connectivity index (χ0v) is 20.8. The molecule has 0 aliphatic heterocycles. The molecule has 0 aliphatic rings. The first kappa shape index (κ1) is 23.8. The van der Waals surface area contributed by atoms with Gasteiger partial charge in [0.15, 0.2) is 22.4 Å². The van der Waals surface area contributed by atoms with E-state index in [4.69, 9.17) is 0 Å². The SMILES string of the molecule is N#Cc1cnsc1N=Nc1c(O)c(C(=O)c2nc3ccccc3[nH]2)cc2cc(C(=O)c3ccccc3)ccc12. The van der Waals surface area contributed by atoms with Crippen molar-refractivity contribution in [2.45, 2.75) is 0 Å². The van der Waals surface area contributed by atoms with Crippen molar-refractivity contribution < 1.29 is 14.7 Å². The fourth-order valence-corrected chi connectivity index (χ4v) is 4.75. The topological polar surface area (TPSA) is 144 Å². The van der Waals surface area contributed by atoms with E-state index in [0.717, 1.165) is 11.5 Å². The first-order chi connectivity index (χ1) is 19.0. The number of nitriles is 1. The van der Waals surface area contributed by atoms with E-state index in [1.807, 2.05) is 24.3 Å². The molecule has 0 radical (unpaired) electrons. The van der Waals surface area contributed by atoms with Gasteiger partial charge in [0.2, 0.25) is 5.78 Å². The number of carbonyl (C=O) groups is 2. The van der Waals surface area contributed by atoms with E-state index in [2.05, 4.69) is 24.6 Å². The Morgan fingerprint density at radius 1 is 0.923 bits per heavy atom. The Bertz CT molecular complexity index is 1950. The van der Waals surface area contributed by atoms with E-state index in [9.17, 15) is 20.0 Å². The van der Waals surface area contributed by atoms with Gasteiger partial charge < -0.3 is 10.1 Å². The number of H-pyrrole nitrogens is 1. The van der Waals surface area contributed by atoms with Crippen LogP contribution in [-0.4, -0.2) is 31.0 Å². The predicted octanol–water partition coefficient (Wildman–Crippen LogP) is 6.63. The van der Waals surface area contributed by atoms with Crippen LogP contribution < -0.4 is 0 Å². The second-order valence-corrected chi connectivity index (χ2v) is 9.32. The number of carbonyl (C=O) groups excluding carboxylic acids is 2. The lowest BCUT2D eigenvalue weighted by atomic mass is 9.96. The Hall–Kier alpha value is -5.53. The summed E-state index contributed by atoms with van der Waals surface area (Å²) in [6.07, 6.45) is 1.37. The van der Waals surface area contributed by atoms with Crippen LogP contribution in [0.5, 0.6) is 5.75 Å². The minimum absolute atomic E-state index is 0.0166. The number of hydrogen-bond donors (Lipinski definition) is 2. The number of azo groups is 1. The third kappa shape index (κ3) is 4.33. The lowest BCUT2D eigenvalue weighted by Crippen LogP contribution is -2.05. The van der Waals surface area contributed by atoms with Crippen molar-refractivity contribution in [2.75, 3.05) is 0 Å². The third-order valence-corrected chi connectivity index (χ3v) is 6.83. The number of imidazole rings is 1. The number of nitrogens with one attached hydrogen (secondary N) is 1. The predicted molar refractivity (Wildman–Crippen MR) is 146 cm³/mol. The Kier molecular flexibility index (Phi) is 5.95. The largest absolute Gasteiger partial charge is 0.505 e. The lowest BCUT2D eigenvalue weighted by molar-refractivity contribution is 0.102. The van der Waals surface area contributed by atoms with E-state index >= 15 is 0 Å². The molecule has 0 fully saturated rings. The summed E-state index contributed by atoms with van der Waals surface area (Å²) in [7, 11) is 0. The fraction of sp³-hybridized carbons (Fsp3) is 0. The summed E-state index contributed by atoms with van der Waals surface area (Å²) >= 11 is 0.977. The molecule has 6 aromatic rings. The van der Waals surface area contributed by atoms with Crippen LogP contribution in [0.25, 0.3) is 21.8 Å². The molecule has 0 aliphatic carbocycles. The van der Waals surface area contributed by atoms with Gasteiger partial charge >= 0.3 is 0 Å². The summed E-state index contributed by atoms with van der Waals surface area (Å²) in [6.45, 7) is 0. The normalized spacial score (nSPS) is 11.3. The molecule has 39 heavy (non-hydrogen) atoms. The number of aromatic hydroxyl groups is 1. The van der Waals surface area contributed by atoms with E-state index in [-0.39, 0.29) is 33.4 Å². The molecule has 0 bridgehead atoms. The number of benzene rings is 4. The third-order valence-electron chi connectivity index (χ3n) is 6.15. The van der Waals surface area contributed by atoms with Gasteiger partial charge in [-0.3, -0.25) is 9.59 Å². The molecule has 0 unspecified atom stereocenters. The molecule has 2 heterocycles. The number of rotatable bonds is 6. The van der Waals surface area contributed by atoms with Crippen LogP contribution in [0.2, 0.25) is 0 Å². The van der Waals surface area contributed by atoms with Gasteiger partial charge in [-0.25, -0.2) is 4.98 Å². The maximum Gasteiger partial charge on any atom is 0.232 e. The molecule has 4 aromatic carbocycles. The fourth-order valence-electron chi connectivity index (χ4n) is 4.21. The standard InChI is InChI=1S/C29H16N6O3S/c30-14-19-15-31-39-29(19)35-34-24-20-11-10-17(25(36)16-6-2-1-3-7-16)12-18(20)13-21(26(24)37)27(38)28-32-22-8-4-5-9-23(22)33-28/h1-13,15,37H,(H,32,33). The zero-order valence-electron chi connectivity index (χ0n) is 20.0. The number of fused-ring (bicyclic) bond motifs is 2. The maximum atomic E-state index is 13.6. The van der Waals surface area contributed by atoms with Crippen molar-refractivity contribution in [1.82, 2.24) is 14.3 Å². The average Bonchev–Trinajstić information content (AvgIpc) is 3.62. The molecule has 0 amide bonds. The molecule has 6 rings (SSSR count). The molecular formula is C29H16N6O3S. The molecule has 0 spiro atoms. The summed E-state index contributed by atoms with van der Waals surface area (Å²) < 4.78 is 3.95. The molecular weight excluding hydrogens is 512 g/mol. The summed E-state index contributed by atoms with van der Waals surface area (Å²) in [5, 5.41) is 30.1. The van der Waals surface area contributed by atoms with Crippen molar-refractivity contribution in [3.05, 3.63) is 113 Å². The first-order valence-electron chi connectivity index (χ1n) is 11.7. The molecule has 10 heteroatoms. The monoisotopic (exact) mass is 528 g/mol. The summed E-state index contributed by atoms with van der Waals surface area (Å²) in [4.78, 5) is 34.0. The number of para-hydroxylation sites is 2. The minimum atomic E-state index is -0.558. The molecule has 0 atom stereocenters. The number of hydrogen-bond acceptors (Lipinski definition) is 9.